The first kappa shape index (κ1) is 24.8. The van der Waals surface area contributed by atoms with Crippen molar-refractivity contribution in [3.8, 4) is 0 Å². The highest BCUT2D eigenvalue weighted by molar-refractivity contribution is 14.0. The fraction of sp³-hybridized carbons (Fsp3) is 0.941. The van der Waals surface area contributed by atoms with Gasteiger partial charge in [0.15, 0.2) is 5.96 Å². The van der Waals surface area contributed by atoms with Crippen molar-refractivity contribution in [2.75, 3.05) is 73.3 Å². The average molecular weight is 472 g/mol. The minimum absolute atomic E-state index is 0. The Morgan fingerprint density at radius 3 is 2.76 bits per heavy atom. The molecule has 0 spiro atoms. The van der Waals surface area contributed by atoms with E-state index in [9.17, 15) is 0 Å². The highest BCUT2D eigenvalue weighted by atomic mass is 127. The summed E-state index contributed by atoms with van der Waals surface area (Å²) < 4.78 is 16.2. The predicted octanol–water partition coefficient (Wildman–Crippen LogP) is 1.18. The molecular weight excluding hydrogens is 435 g/mol. The molecule has 1 rings (SSSR count). The Balaban J connectivity index is 0.00000576. The molecule has 0 radical (unpaired) electrons. The van der Waals surface area contributed by atoms with Crippen LogP contribution < -0.4 is 10.6 Å². The summed E-state index contributed by atoms with van der Waals surface area (Å²) in [6.07, 6.45) is 1.15. The van der Waals surface area contributed by atoms with E-state index in [0.717, 1.165) is 58.3 Å². The highest BCUT2D eigenvalue weighted by Gasteiger charge is 2.20. The molecule has 1 saturated heterocycles. The lowest BCUT2D eigenvalue weighted by Gasteiger charge is -2.34. The fourth-order valence-electron chi connectivity index (χ4n) is 2.64. The lowest BCUT2D eigenvalue weighted by Crippen LogP contribution is -2.50. The number of nitrogens with zero attached hydrogens (tertiary/aromatic N) is 2. The number of methoxy groups -OCH3 is 1. The zero-order chi connectivity index (χ0) is 17.6. The van der Waals surface area contributed by atoms with Crippen LogP contribution in [0.15, 0.2) is 4.99 Å². The molecule has 1 unspecified atom stereocenters. The second kappa shape index (κ2) is 16.0. The number of aliphatic imine (C=N–C) groups is 1. The summed E-state index contributed by atoms with van der Waals surface area (Å²) in [4.78, 5) is 6.73. The van der Waals surface area contributed by atoms with Crippen LogP contribution in [0.2, 0.25) is 0 Å². The summed E-state index contributed by atoms with van der Waals surface area (Å²) in [7, 11) is 3.47. The lowest BCUT2D eigenvalue weighted by atomic mass is 10.2. The van der Waals surface area contributed by atoms with Gasteiger partial charge in [0.25, 0.3) is 0 Å². The van der Waals surface area contributed by atoms with Gasteiger partial charge in [0.2, 0.25) is 0 Å². The SMILES string of the molecule is CN=C(NCCCOCCOC)NCC1CN(CC(C)C)CCO1.I. The van der Waals surface area contributed by atoms with Crippen LogP contribution in [0, 0.1) is 5.92 Å². The monoisotopic (exact) mass is 472 g/mol. The van der Waals surface area contributed by atoms with E-state index in [-0.39, 0.29) is 30.1 Å². The summed E-state index contributed by atoms with van der Waals surface area (Å²) in [5, 5.41) is 6.65. The second-order valence-corrected chi connectivity index (χ2v) is 6.48. The number of hydrogen-bond donors (Lipinski definition) is 2. The molecule has 1 aliphatic rings. The molecule has 7 nitrogen and oxygen atoms in total. The molecule has 0 aromatic rings. The van der Waals surface area contributed by atoms with Gasteiger partial charge in [0, 0.05) is 53.5 Å². The van der Waals surface area contributed by atoms with Crippen LogP contribution in [0.5, 0.6) is 0 Å². The van der Waals surface area contributed by atoms with Gasteiger partial charge >= 0.3 is 0 Å². The molecular formula is C17H37IN4O3. The quantitative estimate of drug-likeness (QED) is 0.204. The van der Waals surface area contributed by atoms with Gasteiger partial charge in [-0.2, -0.15) is 0 Å². The molecule has 1 heterocycles. The van der Waals surface area contributed by atoms with Gasteiger partial charge in [-0.3, -0.25) is 9.89 Å². The van der Waals surface area contributed by atoms with Crippen molar-refractivity contribution >= 4 is 29.9 Å². The molecule has 1 aliphatic heterocycles. The van der Waals surface area contributed by atoms with E-state index in [4.69, 9.17) is 14.2 Å². The Bertz CT molecular complexity index is 346. The van der Waals surface area contributed by atoms with Crippen LogP contribution in [0.4, 0.5) is 0 Å². The number of hydrogen-bond acceptors (Lipinski definition) is 5. The number of nitrogens with one attached hydrogen (secondary N) is 2. The topological polar surface area (TPSA) is 67.4 Å². The van der Waals surface area contributed by atoms with E-state index in [1.165, 1.54) is 0 Å². The predicted molar refractivity (Wildman–Crippen MR) is 113 cm³/mol. The van der Waals surface area contributed by atoms with Crippen molar-refractivity contribution in [2.45, 2.75) is 26.4 Å². The number of rotatable bonds is 11. The highest BCUT2D eigenvalue weighted by Crippen LogP contribution is 2.07. The molecule has 0 aromatic heterocycles. The third kappa shape index (κ3) is 12.8. The Morgan fingerprint density at radius 2 is 2.08 bits per heavy atom. The Hall–Kier alpha value is -0.160. The van der Waals surface area contributed by atoms with Crippen molar-refractivity contribution in [3.63, 3.8) is 0 Å². The number of guanidine groups is 1. The summed E-state index contributed by atoms with van der Waals surface area (Å²) in [6.45, 7) is 12.1. The molecule has 0 aliphatic carbocycles. The first-order valence-corrected chi connectivity index (χ1v) is 9.00. The molecule has 8 heteroatoms. The molecule has 150 valence electrons. The minimum atomic E-state index is 0. The zero-order valence-electron chi connectivity index (χ0n) is 16.3. The number of morpholine rings is 1. The Morgan fingerprint density at radius 1 is 1.28 bits per heavy atom. The van der Waals surface area contributed by atoms with Crippen molar-refractivity contribution in [1.82, 2.24) is 15.5 Å². The molecule has 2 N–H and O–H groups in total. The third-order valence-corrected chi connectivity index (χ3v) is 3.76. The van der Waals surface area contributed by atoms with Gasteiger partial charge in [-0.05, 0) is 12.3 Å². The van der Waals surface area contributed by atoms with Crippen LogP contribution in [-0.2, 0) is 14.2 Å². The van der Waals surface area contributed by atoms with Crippen LogP contribution in [0.3, 0.4) is 0 Å². The molecule has 1 atom stereocenters. The van der Waals surface area contributed by atoms with E-state index in [2.05, 4.69) is 34.4 Å². The van der Waals surface area contributed by atoms with Crippen molar-refractivity contribution < 1.29 is 14.2 Å². The summed E-state index contributed by atoms with van der Waals surface area (Å²) in [5.41, 5.74) is 0. The third-order valence-electron chi connectivity index (χ3n) is 3.76. The van der Waals surface area contributed by atoms with E-state index >= 15 is 0 Å². The van der Waals surface area contributed by atoms with Gasteiger partial charge in [-0.15, -0.1) is 24.0 Å². The average Bonchev–Trinajstić information content (AvgIpc) is 2.56. The fourth-order valence-corrected chi connectivity index (χ4v) is 2.64. The number of ether oxygens (including phenoxy) is 3. The van der Waals surface area contributed by atoms with Gasteiger partial charge in [-0.25, -0.2) is 0 Å². The minimum Gasteiger partial charge on any atom is -0.382 e. The van der Waals surface area contributed by atoms with Crippen LogP contribution in [-0.4, -0.2) is 90.3 Å². The smallest absolute Gasteiger partial charge is 0.191 e. The van der Waals surface area contributed by atoms with E-state index < -0.39 is 0 Å². The number of halogens is 1. The van der Waals surface area contributed by atoms with E-state index in [1.54, 1.807) is 14.2 Å². The van der Waals surface area contributed by atoms with Crippen molar-refractivity contribution in [2.24, 2.45) is 10.9 Å². The van der Waals surface area contributed by atoms with Crippen LogP contribution in [0.25, 0.3) is 0 Å². The zero-order valence-corrected chi connectivity index (χ0v) is 18.6. The maximum atomic E-state index is 5.85. The van der Waals surface area contributed by atoms with Crippen LogP contribution >= 0.6 is 24.0 Å². The van der Waals surface area contributed by atoms with Crippen molar-refractivity contribution in [3.05, 3.63) is 0 Å². The first-order valence-electron chi connectivity index (χ1n) is 9.00. The molecule has 0 bridgehead atoms. The molecule has 0 saturated carbocycles. The molecule has 0 amide bonds. The van der Waals surface area contributed by atoms with Gasteiger partial charge in [-0.1, -0.05) is 13.8 Å². The van der Waals surface area contributed by atoms with Gasteiger partial charge < -0.3 is 24.8 Å². The summed E-state index contributed by atoms with van der Waals surface area (Å²) in [6, 6.07) is 0. The van der Waals surface area contributed by atoms with Crippen LogP contribution in [0.1, 0.15) is 20.3 Å². The summed E-state index contributed by atoms with van der Waals surface area (Å²) >= 11 is 0. The maximum absolute atomic E-state index is 5.85. The Kier molecular flexibility index (Phi) is 15.9. The van der Waals surface area contributed by atoms with E-state index in [1.807, 2.05) is 0 Å². The maximum Gasteiger partial charge on any atom is 0.191 e. The largest absolute Gasteiger partial charge is 0.382 e. The van der Waals surface area contributed by atoms with E-state index in [0.29, 0.717) is 19.1 Å². The Labute approximate surface area is 170 Å². The molecule has 25 heavy (non-hydrogen) atoms. The standard InChI is InChI=1S/C17H36N4O3.HI/c1-15(2)13-21-7-9-24-16(14-21)12-20-17(18-3)19-6-5-8-23-11-10-22-4;/h15-16H,5-14H2,1-4H3,(H2,18,19,20);1H. The molecule has 0 aromatic carbocycles. The second-order valence-electron chi connectivity index (χ2n) is 6.48. The molecule has 1 fully saturated rings. The van der Waals surface area contributed by atoms with Gasteiger partial charge in [0.1, 0.15) is 0 Å². The normalized spacial score (nSPS) is 18.9. The summed E-state index contributed by atoms with van der Waals surface area (Å²) in [5.74, 6) is 1.51. The first-order chi connectivity index (χ1) is 11.7. The van der Waals surface area contributed by atoms with Gasteiger partial charge in [0.05, 0.1) is 25.9 Å². The lowest BCUT2D eigenvalue weighted by molar-refractivity contribution is -0.0284. The van der Waals surface area contributed by atoms with Crippen molar-refractivity contribution in [1.29, 1.82) is 0 Å².